The van der Waals surface area contributed by atoms with E-state index in [4.69, 9.17) is 9.31 Å². The number of hydrogen-bond acceptors (Lipinski definition) is 2. The fraction of sp³-hybridized carbons (Fsp3) is 0. The maximum absolute atomic E-state index is 15.0. The fourth-order valence-corrected chi connectivity index (χ4v) is 4.24. The van der Waals surface area contributed by atoms with Crippen molar-refractivity contribution in [2.45, 2.75) is 0 Å². The van der Waals surface area contributed by atoms with Crippen LogP contribution in [0.1, 0.15) is 0 Å². The molecule has 0 heterocycles. The van der Waals surface area contributed by atoms with Crippen molar-refractivity contribution in [3.8, 4) is 22.6 Å². The molecule has 2 nitrogen and oxygen atoms in total. The van der Waals surface area contributed by atoms with E-state index < -0.39 is 122 Å². The molecule has 0 fully saturated rings. The molecule has 0 aromatic heterocycles. The largest absolute Gasteiger partial charge is 0.636 e. The third-order valence-corrected chi connectivity index (χ3v) is 6.20. The van der Waals surface area contributed by atoms with Crippen LogP contribution in [0.5, 0.6) is 11.5 Å². The van der Waals surface area contributed by atoms with Gasteiger partial charge in [-0.25, -0.2) is 52.7 Å². The molecule has 0 aliphatic heterocycles. The van der Waals surface area contributed by atoms with Gasteiger partial charge in [-0.2, -0.15) is 4.39 Å². The van der Waals surface area contributed by atoms with Gasteiger partial charge in [0.15, 0.2) is 63.9 Å². The number of halogens is 13. The zero-order chi connectivity index (χ0) is 32.2. The highest BCUT2D eigenvalue weighted by Crippen LogP contribution is 2.40. The summed E-state index contributed by atoms with van der Waals surface area (Å²) < 4.78 is 197. The van der Waals surface area contributed by atoms with Crippen LogP contribution >= 0.6 is 0 Å². The molecule has 0 amide bonds. The second-order valence-corrected chi connectivity index (χ2v) is 8.88. The molecule has 0 unspecified atom stereocenters. The van der Waals surface area contributed by atoms with E-state index in [0.717, 1.165) is 18.2 Å². The lowest BCUT2D eigenvalue weighted by molar-refractivity contribution is 0.384. The van der Waals surface area contributed by atoms with Gasteiger partial charge in [-0.3, -0.25) is 0 Å². The monoisotopic (exact) mass is 634 g/mol. The maximum atomic E-state index is 15.0. The van der Waals surface area contributed by atoms with Crippen molar-refractivity contribution in [2.24, 2.45) is 0 Å². The van der Waals surface area contributed by atoms with Crippen LogP contribution in [-0.4, -0.2) is 7.12 Å². The standard InChI is InChI=1S/C28H8BF13O2/c30-9-5-12(19(34)14(32)7-9)11-3-1-2-4-16(11)43-29(13-6-10(31)8-15(33)20(13)35)44-28-18-17(22(37)26(41)27(28)42)21(36)24(39)25(40)23(18)38/h1-8H. The molecule has 5 aromatic carbocycles. The van der Waals surface area contributed by atoms with Gasteiger partial charge in [-0.05, 0) is 18.2 Å². The van der Waals surface area contributed by atoms with E-state index in [1.807, 2.05) is 0 Å². The smallest absolute Gasteiger partial charge is 0.521 e. The minimum Gasteiger partial charge on any atom is -0.521 e. The van der Waals surface area contributed by atoms with Crippen molar-refractivity contribution in [3.05, 3.63) is 124 Å². The Kier molecular flexibility index (Phi) is 7.86. The predicted octanol–water partition coefficient (Wildman–Crippen LogP) is 8.17. The van der Waals surface area contributed by atoms with Crippen LogP contribution in [0.15, 0.2) is 48.5 Å². The molecule has 5 rings (SSSR count). The Balaban J connectivity index is 1.78. The third kappa shape index (κ3) is 5.03. The van der Waals surface area contributed by atoms with Crippen LogP contribution in [-0.2, 0) is 0 Å². The number of para-hydroxylation sites is 1. The van der Waals surface area contributed by atoms with Crippen LogP contribution in [0.4, 0.5) is 57.1 Å². The molecular weight excluding hydrogens is 626 g/mol. The molecule has 0 atom stereocenters. The van der Waals surface area contributed by atoms with Crippen LogP contribution < -0.4 is 14.8 Å². The summed E-state index contributed by atoms with van der Waals surface area (Å²) in [7, 11) is -2.85. The van der Waals surface area contributed by atoms with Gasteiger partial charge in [0.2, 0.25) is 5.82 Å². The number of rotatable bonds is 6. The topological polar surface area (TPSA) is 18.5 Å². The molecule has 0 aliphatic rings. The Labute approximate surface area is 237 Å². The van der Waals surface area contributed by atoms with E-state index in [2.05, 4.69) is 0 Å². The number of hydrogen-bond donors (Lipinski definition) is 0. The maximum Gasteiger partial charge on any atom is 0.636 e. The zero-order valence-electron chi connectivity index (χ0n) is 20.9. The van der Waals surface area contributed by atoms with Crippen molar-refractivity contribution >= 4 is 23.4 Å². The van der Waals surface area contributed by atoms with Gasteiger partial charge in [0.25, 0.3) is 0 Å². The van der Waals surface area contributed by atoms with E-state index in [-0.39, 0.29) is 18.2 Å². The van der Waals surface area contributed by atoms with E-state index >= 15 is 4.39 Å². The molecule has 0 saturated heterocycles. The average molecular weight is 634 g/mol. The van der Waals surface area contributed by atoms with Crippen molar-refractivity contribution in [1.82, 2.24) is 0 Å². The summed E-state index contributed by atoms with van der Waals surface area (Å²) in [6.07, 6.45) is 0. The first-order chi connectivity index (χ1) is 20.7. The summed E-state index contributed by atoms with van der Waals surface area (Å²) >= 11 is 0. The average Bonchev–Trinajstić information content (AvgIpc) is 2.98. The van der Waals surface area contributed by atoms with Gasteiger partial charge in [0, 0.05) is 23.3 Å². The van der Waals surface area contributed by atoms with Crippen LogP contribution in [0.2, 0.25) is 0 Å². The van der Waals surface area contributed by atoms with Crippen LogP contribution in [0.3, 0.4) is 0 Å². The Morgan fingerprint density at radius 3 is 1.59 bits per heavy atom. The van der Waals surface area contributed by atoms with E-state index in [0.29, 0.717) is 6.07 Å². The van der Waals surface area contributed by atoms with Crippen molar-refractivity contribution in [3.63, 3.8) is 0 Å². The summed E-state index contributed by atoms with van der Waals surface area (Å²) in [6.45, 7) is 0. The highest BCUT2D eigenvalue weighted by Gasteiger charge is 2.38. The quantitative estimate of drug-likeness (QED) is 0.0813. The van der Waals surface area contributed by atoms with Gasteiger partial charge < -0.3 is 9.31 Å². The lowest BCUT2D eigenvalue weighted by Gasteiger charge is -2.22. The number of fused-ring (bicyclic) bond motifs is 1. The van der Waals surface area contributed by atoms with Gasteiger partial charge in [0.05, 0.1) is 16.2 Å². The highest BCUT2D eigenvalue weighted by atomic mass is 19.2. The van der Waals surface area contributed by atoms with Gasteiger partial charge in [-0.1, -0.05) is 18.2 Å². The second kappa shape index (κ2) is 11.3. The third-order valence-electron chi connectivity index (χ3n) is 6.20. The molecule has 16 heteroatoms. The van der Waals surface area contributed by atoms with E-state index in [1.54, 1.807) is 0 Å². The molecule has 0 radical (unpaired) electrons. The van der Waals surface area contributed by atoms with Gasteiger partial charge in [0.1, 0.15) is 17.4 Å². The molecule has 226 valence electrons. The summed E-state index contributed by atoms with van der Waals surface area (Å²) in [5.41, 5.74) is -2.78. The first kappa shape index (κ1) is 30.6. The molecule has 44 heavy (non-hydrogen) atoms. The molecule has 5 aromatic rings. The van der Waals surface area contributed by atoms with Crippen LogP contribution in [0, 0.1) is 75.6 Å². The summed E-state index contributed by atoms with van der Waals surface area (Å²) in [5.74, 6) is -31.0. The lowest BCUT2D eigenvalue weighted by Crippen LogP contribution is -2.45. The molecule has 0 aliphatic carbocycles. The Morgan fingerprint density at radius 1 is 0.432 bits per heavy atom. The number of benzene rings is 5. The predicted molar refractivity (Wildman–Crippen MR) is 128 cm³/mol. The first-order valence-corrected chi connectivity index (χ1v) is 11.8. The van der Waals surface area contributed by atoms with Crippen molar-refractivity contribution in [1.29, 1.82) is 0 Å². The minimum atomic E-state index is -2.85. The Hall–Kier alpha value is -4.89. The lowest BCUT2D eigenvalue weighted by atomic mass is 9.77. The summed E-state index contributed by atoms with van der Waals surface area (Å²) in [4.78, 5) is 0. The molecule has 0 saturated carbocycles. The van der Waals surface area contributed by atoms with Crippen LogP contribution in [0.25, 0.3) is 21.9 Å². The Morgan fingerprint density at radius 2 is 0.955 bits per heavy atom. The Bertz CT molecular complexity index is 1980. The SMILES string of the molecule is Fc1cc(F)c(F)c(B(Oc2ccccc2-c2cc(F)cc(F)c2F)Oc2c(F)c(F)c(F)c3c(F)c(F)c(F)c(F)c23)c1. The fourth-order valence-electron chi connectivity index (χ4n) is 4.24. The van der Waals surface area contributed by atoms with Gasteiger partial charge >= 0.3 is 7.12 Å². The van der Waals surface area contributed by atoms with Crippen molar-refractivity contribution in [2.75, 3.05) is 0 Å². The van der Waals surface area contributed by atoms with Crippen molar-refractivity contribution < 1.29 is 66.4 Å². The summed E-state index contributed by atoms with van der Waals surface area (Å²) in [6, 6.07) is 4.94. The normalized spacial score (nSPS) is 11.3. The zero-order valence-corrected chi connectivity index (χ0v) is 20.9. The first-order valence-electron chi connectivity index (χ1n) is 11.8. The molecule has 0 N–H and O–H groups in total. The molecule has 0 bridgehead atoms. The highest BCUT2D eigenvalue weighted by molar-refractivity contribution is 6.63. The van der Waals surface area contributed by atoms with E-state index in [1.165, 1.54) is 6.07 Å². The second-order valence-electron chi connectivity index (χ2n) is 8.88. The van der Waals surface area contributed by atoms with Gasteiger partial charge in [-0.15, -0.1) is 0 Å². The molecule has 0 spiro atoms. The minimum absolute atomic E-state index is 0.00940. The summed E-state index contributed by atoms with van der Waals surface area (Å²) in [5, 5.41) is -3.94. The van der Waals surface area contributed by atoms with E-state index in [9.17, 15) is 52.7 Å². The molecular formula is C28H8BF13O2.